The smallest absolute Gasteiger partial charge is 0.0941 e. The highest BCUT2D eigenvalue weighted by Crippen LogP contribution is 2.24. The zero-order valence-corrected chi connectivity index (χ0v) is 13.6. The quantitative estimate of drug-likeness (QED) is 0.758. The minimum Gasteiger partial charge on any atom is -0.303 e. The van der Waals surface area contributed by atoms with E-state index < -0.39 is 0 Å². The van der Waals surface area contributed by atoms with Gasteiger partial charge in [0.2, 0.25) is 0 Å². The summed E-state index contributed by atoms with van der Waals surface area (Å²) in [6.07, 6.45) is 5.20. The van der Waals surface area contributed by atoms with Crippen LogP contribution in [0.15, 0.2) is 5.38 Å². The van der Waals surface area contributed by atoms with Crippen LogP contribution in [-0.4, -0.2) is 29.5 Å². The van der Waals surface area contributed by atoms with Crippen LogP contribution in [0.5, 0.6) is 0 Å². The Kier molecular flexibility index (Phi) is 6.11. The van der Waals surface area contributed by atoms with Gasteiger partial charge in [-0.25, -0.2) is 4.98 Å². The largest absolute Gasteiger partial charge is 0.303 e. The molecule has 0 saturated carbocycles. The van der Waals surface area contributed by atoms with E-state index in [1.54, 1.807) is 11.3 Å². The highest BCUT2D eigenvalue weighted by atomic mass is 35.5. The van der Waals surface area contributed by atoms with Crippen molar-refractivity contribution in [3.63, 3.8) is 0 Å². The highest BCUT2D eigenvalue weighted by Gasteiger charge is 2.19. The molecule has 0 N–H and O–H groups in total. The van der Waals surface area contributed by atoms with Gasteiger partial charge in [0.05, 0.1) is 16.6 Å². The topological polar surface area (TPSA) is 16.1 Å². The number of thiazole rings is 1. The van der Waals surface area contributed by atoms with Crippen molar-refractivity contribution in [1.29, 1.82) is 0 Å². The second-order valence-electron chi connectivity index (χ2n) is 5.89. The molecule has 108 valence electrons. The Balaban J connectivity index is 1.77. The lowest BCUT2D eigenvalue weighted by Crippen LogP contribution is -2.27. The number of halogens is 1. The van der Waals surface area contributed by atoms with Gasteiger partial charge in [0.15, 0.2) is 0 Å². The van der Waals surface area contributed by atoms with Crippen LogP contribution in [0, 0.1) is 11.8 Å². The number of nitrogens with zero attached hydrogens (tertiary/aromatic N) is 2. The van der Waals surface area contributed by atoms with Gasteiger partial charge in [0, 0.05) is 18.3 Å². The van der Waals surface area contributed by atoms with Crippen molar-refractivity contribution >= 4 is 22.9 Å². The Morgan fingerprint density at radius 1 is 1.42 bits per heavy atom. The van der Waals surface area contributed by atoms with Crippen LogP contribution in [0.3, 0.4) is 0 Å². The first-order valence-corrected chi connectivity index (χ1v) is 8.82. The van der Waals surface area contributed by atoms with Crippen LogP contribution < -0.4 is 0 Å². The van der Waals surface area contributed by atoms with Crippen molar-refractivity contribution < 1.29 is 0 Å². The van der Waals surface area contributed by atoms with Crippen molar-refractivity contribution in [1.82, 2.24) is 9.88 Å². The molecule has 1 aromatic heterocycles. The molecule has 1 fully saturated rings. The zero-order chi connectivity index (χ0) is 13.7. The first-order chi connectivity index (χ1) is 9.19. The third-order valence-corrected chi connectivity index (χ3v) is 5.42. The molecule has 1 aliphatic heterocycles. The summed E-state index contributed by atoms with van der Waals surface area (Å²) in [6, 6.07) is 0. The van der Waals surface area contributed by atoms with Crippen LogP contribution in [0.25, 0.3) is 0 Å². The third-order valence-electron chi connectivity index (χ3n) is 4.19. The van der Waals surface area contributed by atoms with Gasteiger partial charge in [0.1, 0.15) is 0 Å². The van der Waals surface area contributed by atoms with E-state index in [0.717, 1.165) is 30.5 Å². The molecule has 2 heterocycles. The number of rotatable bonds is 5. The Morgan fingerprint density at radius 3 is 2.95 bits per heavy atom. The Morgan fingerprint density at radius 2 is 2.26 bits per heavy atom. The van der Waals surface area contributed by atoms with E-state index in [2.05, 4.69) is 29.1 Å². The monoisotopic (exact) mass is 300 g/mol. The molecule has 1 saturated heterocycles. The lowest BCUT2D eigenvalue weighted by molar-refractivity contribution is 0.275. The normalized spacial score (nSPS) is 21.8. The maximum Gasteiger partial charge on any atom is 0.0941 e. The van der Waals surface area contributed by atoms with Crippen molar-refractivity contribution in [3.8, 4) is 0 Å². The molecule has 2 nitrogen and oxygen atoms in total. The molecule has 0 radical (unpaired) electrons. The van der Waals surface area contributed by atoms with E-state index in [0.29, 0.717) is 5.88 Å². The van der Waals surface area contributed by atoms with Gasteiger partial charge in [-0.2, -0.15) is 0 Å². The van der Waals surface area contributed by atoms with Crippen LogP contribution >= 0.6 is 22.9 Å². The van der Waals surface area contributed by atoms with E-state index in [1.807, 2.05) is 0 Å². The predicted molar refractivity (Wildman–Crippen MR) is 84.0 cm³/mol. The number of hydrogen-bond acceptors (Lipinski definition) is 3. The van der Waals surface area contributed by atoms with Crippen LogP contribution in [-0.2, 0) is 12.3 Å². The number of alkyl halides is 1. The molecule has 1 unspecified atom stereocenters. The van der Waals surface area contributed by atoms with Crippen LogP contribution in [0.1, 0.15) is 43.8 Å². The second-order valence-corrected chi connectivity index (χ2v) is 7.10. The predicted octanol–water partition coefficient (Wildman–Crippen LogP) is 4.18. The maximum atomic E-state index is 5.79. The Hall–Kier alpha value is -0.120. The van der Waals surface area contributed by atoms with E-state index in [-0.39, 0.29) is 0 Å². The maximum absolute atomic E-state index is 5.79. The molecule has 1 atom stereocenters. The highest BCUT2D eigenvalue weighted by molar-refractivity contribution is 7.09. The van der Waals surface area contributed by atoms with Gasteiger partial charge < -0.3 is 4.90 Å². The average Bonchev–Trinajstić information content (AvgIpc) is 2.72. The van der Waals surface area contributed by atoms with Gasteiger partial charge >= 0.3 is 0 Å². The summed E-state index contributed by atoms with van der Waals surface area (Å²) < 4.78 is 0. The van der Waals surface area contributed by atoms with Gasteiger partial charge in [-0.15, -0.1) is 22.9 Å². The fourth-order valence-electron chi connectivity index (χ4n) is 2.85. The third kappa shape index (κ3) is 4.73. The summed E-state index contributed by atoms with van der Waals surface area (Å²) in [5, 5.41) is 3.32. The molecule has 0 amide bonds. The number of likely N-dealkylation sites (tertiary alicyclic amines) is 1. The van der Waals surface area contributed by atoms with Gasteiger partial charge in [-0.3, -0.25) is 0 Å². The summed E-state index contributed by atoms with van der Waals surface area (Å²) in [6.45, 7) is 8.40. The van der Waals surface area contributed by atoms with E-state index in [1.165, 1.54) is 37.4 Å². The second kappa shape index (κ2) is 7.61. The van der Waals surface area contributed by atoms with Crippen molar-refractivity contribution in [2.75, 3.05) is 19.6 Å². The average molecular weight is 301 g/mol. The summed E-state index contributed by atoms with van der Waals surface area (Å²) in [4.78, 5) is 7.15. The summed E-state index contributed by atoms with van der Waals surface area (Å²) in [5.41, 5.74) is 1.03. The van der Waals surface area contributed by atoms with E-state index >= 15 is 0 Å². The van der Waals surface area contributed by atoms with Gasteiger partial charge in [-0.1, -0.05) is 13.8 Å². The Labute approximate surface area is 126 Å². The molecule has 4 heteroatoms. The standard InChI is InChI=1S/C15H25ClN2S/c1-12(2)13-4-3-7-18(8-5-13)9-6-15-17-14(10-16)11-19-15/h11-13H,3-10H2,1-2H3. The molecule has 2 rings (SSSR count). The molecule has 0 bridgehead atoms. The van der Waals surface area contributed by atoms with Crippen molar-refractivity contribution in [2.24, 2.45) is 11.8 Å². The molecule has 0 aromatic carbocycles. The minimum atomic E-state index is 0.538. The first kappa shape index (κ1) is 15.3. The fourth-order valence-corrected chi connectivity index (χ4v) is 3.87. The van der Waals surface area contributed by atoms with Crippen molar-refractivity contribution in [2.45, 2.75) is 45.4 Å². The molecule has 0 spiro atoms. The molecule has 0 aliphatic carbocycles. The summed E-state index contributed by atoms with van der Waals surface area (Å²) in [5.74, 6) is 2.30. The minimum absolute atomic E-state index is 0.538. The molecular weight excluding hydrogens is 276 g/mol. The molecular formula is C15H25ClN2S. The van der Waals surface area contributed by atoms with Crippen molar-refractivity contribution in [3.05, 3.63) is 16.1 Å². The van der Waals surface area contributed by atoms with Crippen LogP contribution in [0.2, 0.25) is 0 Å². The number of hydrogen-bond donors (Lipinski definition) is 0. The fraction of sp³-hybridized carbons (Fsp3) is 0.800. The lowest BCUT2D eigenvalue weighted by atomic mass is 9.89. The van der Waals surface area contributed by atoms with Crippen LogP contribution in [0.4, 0.5) is 0 Å². The summed E-state index contributed by atoms with van der Waals surface area (Å²) >= 11 is 7.54. The SMILES string of the molecule is CC(C)C1CCCN(CCc2nc(CCl)cs2)CC1. The van der Waals surface area contributed by atoms with E-state index in [9.17, 15) is 0 Å². The molecule has 1 aliphatic rings. The molecule has 19 heavy (non-hydrogen) atoms. The Bertz CT molecular complexity index is 378. The van der Waals surface area contributed by atoms with Gasteiger partial charge in [-0.05, 0) is 44.2 Å². The number of aromatic nitrogens is 1. The first-order valence-electron chi connectivity index (χ1n) is 7.40. The zero-order valence-electron chi connectivity index (χ0n) is 12.1. The van der Waals surface area contributed by atoms with E-state index in [4.69, 9.17) is 11.6 Å². The molecule has 1 aromatic rings. The lowest BCUT2D eigenvalue weighted by Gasteiger charge is -2.20. The van der Waals surface area contributed by atoms with Gasteiger partial charge in [0.25, 0.3) is 0 Å². The summed E-state index contributed by atoms with van der Waals surface area (Å²) in [7, 11) is 0.